The molecule has 4 aromatic rings. The number of hydrogen-bond acceptors (Lipinski definition) is 4. The highest BCUT2D eigenvalue weighted by Crippen LogP contribution is 2.26. The highest BCUT2D eigenvalue weighted by atomic mass is 16.5. The van der Waals surface area contributed by atoms with Crippen LogP contribution >= 0.6 is 0 Å². The summed E-state index contributed by atoms with van der Waals surface area (Å²) in [5.41, 5.74) is 4.34. The van der Waals surface area contributed by atoms with Crippen LogP contribution in [0, 0.1) is 6.92 Å². The summed E-state index contributed by atoms with van der Waals surface area (Å²) in [5, 5.41) is 0.692. The molecule has 0 unspecified atom stereocenters. The lowest BCUT2D eigenvalue weighted by Crippen LogP contribution is -2.24. The minimum absolute atomic E-state index is 0.235. The first-order valence-corrected chi connectivity index (χ1v) is 9.80. The van der Waals surface area contributed by atoms with Crippen LogP contribution in [0.3, 0.4) is 0 Å². The fourth-order valence-corrected chi connectivity index (χ4v) is 3.33. The molecule has 0 amide bonds. The van der Waals surface area contributed by atoms with Crippen LogP contribution in [0.5, 0.6) is 0 Å². The fourth-order valence-electron chi connectivity index (χ4n) is 3.33. The first kappa shape index (κ1) is 19.5. The predicted octanol–water partition coefficient (Wildman–Crippen LogP) is 5.64. The van der Waals surface area contributed by atoms with Crippen molar-refractivity contribution in [1.82, 2.24) is 4.98 Å². The highest BCUT2D eigenvalue weighted by molar-refractivity contribution is 6.06. The van der Waals surface area contributed by atoms with Gasteiger partial charge in [-0.2, -0.15) is 0 Å². The second-order valence-corrected chi connectivity index (χ2v) is 7.22. The second-order valence-electron chi connectivity index (χ2n) is 7.22. The molecule has 30 heavy (non-hydrogen) atoms. The summed E-state index contributed by atoms with van der Waals surface area (Å²) in [4.78, 5) is 30.4. The van der Waals surface area contributed by atoms with E-state index in [2.05, 4.69) is 0 Å². The first-order chi connectivity index (χ1) is 14.5. The number of ketones is 1. The number of benzene rings is 3. The Bertz CT molecular complexity index is 1210. The third kappa shape index (κ3) is 3.98. The Balaban J connectivity index is 1.69. The van der Waals surface area contributed by atoms with Gasteiger partial charge in [-0.15, -0.1) is 0 Å². The van der Waals surface area contributed by atoms with Gasteiger partial charge < -0.3 is 4.74 Å². The third-order valence-corrected chi connectivity index (χ3v) is 4.99. The summed E-state index contributed by atoms with van der Waals surface area (Å²) >= 11 is 0. The maximum absolute atomic E-state index is 13.0. The Hall–Kier alpha value is -3.79. The summed E-state index contributed by atoms with van der Waals surface area (Å²) in [6, 6.07) is 26.0. The molecule has 4 heteroatoms. The number of ether oxygens (including phenoxy) is 1. The van der Waals surface area contributed by atoms with Gasteiger partial charge in [0.15, 0.2) is 6.10 Å². The van der Waals surface area contributed by atoms with E-state index >= 15 is 0 Å². The fraction of sp³-hybridized carbons (Fsp3) is 0.115. The van der Waals surface area contributed by atoms with E-state index in [0.717, 1.165) is 11.1 Å². The smallest absolute Gasteiger partial charge is 0.339 e. The number of hydrogen-bond donors (Lipinski definition) is 0. The Kier molecular flexibility index (Phi) is 5.40. The lowest BCUT2D eigenvalue weighted by atomic mass is 10.0. The molecule has 0 saturated carbocycles. The van der Waals surface area contributed by atoms with Gasteiger partial charge in [0.2, 0.25) is 5.78 Å². The minimum atomic E-state index is -0.894. The number of pyridine rings is 1. The van der Waals surface area contributed by atoms with E-state index in [1.165, 1.54) is 0 Å². The number of fused-ring (bicyclic) bond motifs is 1. The zero-order chi connectivity index (χ0) is 21.1. The SMILES string of the molecule is Cc1ccc(-c2cc(C(=O)O[C@@H](C)C(=O)c3ccccc3)c3ccccc3n2)cc1. The van der Waals surface area contributed by atoms with E-state index in [1.54, 1.807) is 37.3 Å². The van der Waals surface area contributed by atoms with Gasteiger partial charge >= 0.3 is 5.97 Å². The Morgan fingerprint density at radius 2 is 1.53 bits per heavy atom. The standard InChI is InChI=1S/C26H21NO3/c1-17-12-14-19(15-13-17)24-16-22(21-10-6-7-11-23(21)27-24)26(29)30-18(2)25(28)20-8-4-3-5-9-20/h3-16,18H,1-2H3/t18-/m0/s1. The monoisotopic (exact) mass is 395 g/mol. The number of Topliss-reactive ketones (excluding diaryl/α,β-unsaturated/α-hetero) is 1. The molecule has 4 rings (SSSR count). The van der Waals surface area contributed by atoms with Crippen molar-refractivity contribution in [1.29, 1.82) is 0 Å². The minimum Gasteiger partial charge on any atom is -0.451 e. The lowest BCUT2D eigenvalue weighted by Gasteiger charge is -2.14. The van der Waals surface area contributed by atoms with Gasteiger partial charge in [-0.1, -0.05) is 78.4 Å². The average Bonchev–Trinajstić information content (AvgIpc) is 2.78. The average molecular weight is 395 g/mol. The van der Waals surface area contributed by atoms with Gasteiger partial charge in [-0.05, 0) is 26.0 Å². The van der Waals surface area contributed by atoms with E-state index in [9.17, 15) is 9.59 Å². The molecule has 1 aromatic heterocycles. The molecule has 0 aliphatic carbocycles. The highest BCUT2D eigenvalue weighted by Gasteiger charge is 2.22. The Morgan fingerprint density at radius 3 is 2.27 bits per heavy atom. The van der Waals surface area contributed by atoms with E-state index in [-0.39, 0.29) is 5.78 Å². The summed E-state index contributed by atoms with van der Waals surface area (Å²) in [5.74, 6) is -0.778. The summed E-state index contributed by atoms with van der Waals surface area (Å²) < 4.78 is 5.55. The Morgan fingerprint density at radius 1 is 0.867 bits per heavy atom. The van der Waals surface area contributed by atoms with Crippen LogP contribution in [0.15, 0.2) is 84.9 Å². The third-order valence-electron chi connectivity index (χ3n) is 4.99. The molecule has 0 saturated heterocycles. The van der Waals surface area contributed by atoms with Crippen molar-refractivity contribution in [3.8, 4) is 11.3 Å². The number of aryl methyl sites for hydroxylation is 1. The van der Waals surface area contributed by atoms with Crippen molar-refractivity contribution in [2.24, 2.45) is 0 Å². The number of carbonyl (C=O) groups is 2. The van der Waals surface area contributed by atoms with Gasteiger partial charge in [0.25, 0.3) is 0 Å². The van der Waals surface area contributed by atoms with Gasteiger partial charge in [-0.3, -0.25) is 4.79 Å². The zero-order valence-corrected chi connectivity index (χ0v) is 16.8. The van der Waals surface area contributed by atoms with E-state index < -0.39 is 12.1 Å². The maximum Gasteiger partial charge on any atom is 0.339 e. The van der Waals surface area contributed by atoms with Crippen molar-refractivity contribution >= 4 is 22.7 Å². The summed E-state index contributed by atoms with van der Waals surface area (Å²) in [6.07, 6.45) is -0.894. The van der Waals surface area contributed by atoms with Gasteiger partial charge in [-0.25, -0.2) is 9.78 Å². The molecular formula is C26H21NO3. The molecule has 148 valence electrons. The second kappa shape index (κ2) is 8.29. The van der Waals surface area contributed by atoms with Crippen molar-refractivity contribution in [3.63, 3.8) is 0 Å². The Labute approximate surface area is 175 Å². The number of rotatable bonds is 5. The number of aromatic nitrogens is 1. The quantitative estimate of drug-likeness (QED) is 0.324. The number of carbonyl (C=O) groups excluding carboxylic acids is 2. The molecule has 1 heterocycles. The van der Waals surface area contributed by atoms with Crippen molar-refractivity contribution < 1.29 is 14.3 Å². The molecule has 0 bridgehead atoms. The van der Waals surface area contributed by atoms with E-state index in [4.69, 9.17) is 9.72 Å². The van der Waals surface area contributed by atoms with Crippen LogP contribution in [-0.2, 0) is 4.74 Å². The molecule has 0 fully saturated rings. The topological polar surface area (TPSA) is 56.3 Å². The lowest BCUT2D eigenvalue weighted by molar-refractivity contribution is 0.0320. The van der Waals surface area contributed by atoms with Crippen LogP contribution in [0.4, 0.5) is 0 Å². The van der Waals surface area contributed by atoms with E-state index in [1.807, 2.05) is 61.5 Å². The molecule has 1 atom stereocenters. The summed E-state index contributed by atoms with van der Waals surface area (Å²) in [7, 11) is 0. The van der Waals surface area contributed by atoms with Gasteiger partial charge in [0, 0.05) is 16.5 Å². The molecule has 0 N–H and O–H groups in total. The largest absolute Gasteiger partial charge is 0.451 e. The molecular weight excluding hydrogens is 374 g/mol. The zero-order valence-electron chi connectivity index (χ0n) is 16.8. The predicted molar refractivity (Wildman–Crippen MR) is 118 cm³/mol. The normalized spacial score (nSPS) is 11.8. The van der Waals surface area contributed by atoms with Crippen molar-refractivity contribution in [3.05, 3.63) is 102 Å². The number of esters is 1. The molecule has 0 radical (unpaired) electrons. The van der Waals surface area contributed by atoms with Crippen LogP contribution < -0.4 is 0 Å². The van der Waals surface area contributed by atoms with Crippen LogP contribution in [0.2, 0.25) is 0 Å². The maximum atomic E-state index is 13.0. The molecule has 0 aliphatic heterocycles. The molecule has 0 aliphatic rings. The van der Waals surface area contributed by atoms with Gasteiger partial charge in [0.05, 0.1) is 16.8 Å². The molecule has 4 nitrogen and oxygen atoms in total. The first-order valence-electron chi connectivity index (χ1n) is 9.80. The van der Waals surface area contributed by atoms with Gasteiger partial charge in [0.1, 0.15) is 0 Å². The number of para-hydroxylation sites is 1. The van der Waals surface area contributed by atoms with E-state index in [0.29, 0.717) is 27.7 Å². The van der Waals surface area contributed by atoms with Crippen LogP contribution in [0.1, 0.15) is 33.2 Å². The molecule has 3 aromatic carbocycles. The van der Waals surface area contributed by atoms with Crippen LogP contribution in [-0.4, -0.2) is 22.8 Å². The van der Waals surface area contributed by atoms with Crippen molar-refractivity contribution in [2.45, 2.75) is 20.0 Å². The van der Waals surface area contributed by atoms with Crippen LogP contribution in [0.25, 0.3) is 22.2 Å². The summed E-state index contributed by atoms with van der Waals surface area (Å²) in [6.45, 7) is 3.61. The number of nitrogens with zero attached hydrogens (tertiary/aromatic N) is 1. The van der Waals surface area contributed by atoms with Crippen molar-refractivity contribution in [2.75, 3.05) is 0 Å². The molecule has 0 spiro atoms.